The Kier molecular flexibility index (Phi) is 4.33. The second kappa shape index (κ2) is 6.58. The second-order valence-electron chi connectivity index (χ2n) is 5.55. The highest BCUT2D eigenvalue weighted by molar-refractivity contribution is 5.89. The van der Waals surface area contributed by atoms with E-state index in [2.05, 4.69) is 9.97 Å². The van der Waals surface area contributed by atoms with E-state index in [0.717, 1.165) is 22.9 Å². The number of nitrogens with zero attached hydrogens (tertiary/aromatic N) is 2. The van der Waals surface area contributed by atoms with Crippen LogP contribution in [0.25, 0.3) is 11.3 Å². The third-order valence-electron chi connectivity index (χ3n) is 3.76. The Morgan fingerprint density at radius 3 is 2.67 bits per heavy atom. The topological polar surface area (TPSA) is 63.1 Å². The lowest BCUT2D eigenvalue weighted by Crippen LogP contribution is -2.04. The molecular formula is C19H15FN2O2. The third-order valence-corrected chi connectivity index (χ3v) is 3.76. The van der Waals surface area contributed by atoms with Crippen molar-refractivity contribution >= 4 is 5.97 Å². The predicted molar refractivity (Wildman–Crippen MR) is 88.4 cm³/mol. The molecule has 0 saturated carbocycles. The minimum Gasteiger partial charge on any atom is -0.478 e. The molecule has 1 aromatic carbocycles. The van der Waals surface area contributed by atoms with Crippen molar-refractivity contribution < 1.29 is 14.3 Å². The summed E-state index contributed by atoms with van der Waals surface area (Å²) < 4.78 is 13.7. The van der Waals surface area contributed by atoms with Gasteiger partial charge in [0.1, 0.15) is 0 Å². The molecule has 0 aliphatic rings. The highest BCUT2D eigenvalue weighted by Crippen LogP contribution is 2.21. The fourth-order valence-electron chi connectivity index (χ4n) is 2.53. The molecule has 2 aromatic heterocycles. The maximum atomic E-state index is 13.7. The SMILES string of the molecule is Cc1ccc(Cc2ccc(-c3ccncc3F)nc2)c(C(=O)O)c1. The number of rotatable bonds is 4. The molecule has 0 atom stereocenters. The van der Waals surface area contributed by atoms with Crippen LogP contribution < -0.4 is 0 Å². The van der Waals surface area contributed by atoms with Gasteiger partial charge in [-0.3, -0.25) is 9.97 Å². The van der Waals surface area contributed by atoms with Gasteiger partial charge in [-0.1, -0.05) is 23.8 Å². The van der Waals surface area contributed by atoms with Crippen LogP contribution in [0.4, 0.5) is 4.39 Å². The Labute approximate surface area is 138 Å². The van der Waals surface area contributed by atoms with Gasteiger partial charge in [0.25, 0.3) is 0 Å². The lowest BCUT2D eigenvalue weighted by Gasteiger charge is -2.08. The molecule has 0 spiro atoms. The van der Waals surface area contributed by atoms with Gasteiger partial charge in [-0.05, 0) is 42.7 Å². The smallest absolute Gasteiger partial charge is 0.335 e. The van der Waals surface area contributed by atoms with Crippen molar-refractivity contribution in [3.8, 4) is 11.3 Å². The monoisotopic (exact) mass is 322 g/mol. The molecule has 4 nitrogen and oxygen atoms in total. The van der Waals surface area contributed by atoms with Crippen LogP contribution in [-0.2, 0) is 6.42 Å². The zero-order valence-electron chi connectivity index (χ0n) is 13.0. The number of benzene rings is 1. The molecule has 3 aromatic rings. The van der Waals surface area contributed by atoms with Crippen molar-refractivity contribution in [2.75, 3.05) is 0 Å². The van der Waals surface area contributed by atoms with Crippen LogP contribution >= 0.6 is 0 Å². The number of carboxylic acids is 1. The molecule has 5 heteroatoms. The van der Waals surface area contributed by atoms with Gasteiger partial charge >= 0.3 is 5.97 Å². The maximum Gasteiger partial charge on any atom is 0.335 e. The maximum absolute atomic E-state index is 13.7. The van der Waals surface area contributed by atoms with Gasteiger partial charge in [0, 0.05) is 18.0 Å². The first-order chi connectivity index (χ1) is 11.5. The number of carboxylic acid groups (broad SMARTS) is 1. The van der Waals surface area contributed by atoms with Crippen LogP contribution in [0.3, 0.4) is 0 Å². The number of aryl methyl sites for hydroxylation is 1. The first-order valence-electron chi connectivity index (χ1n) is 7.42. The van der Waals surface area contributed by atoms with Gasteiger partial charge in [0.2, 0.25) is 0 Å². The van der Waals surface area contributed by atoms with Crippen LogP contribution in [0.2, 0.25) is 0 Å². The third kappa shape index (κ3) is 3.30. The van der Waals surface area contributed by atoms with E-state index in [0.29, 0.717) is 23.2 Å². The summed E-state index contributed by atoms with van der Waals surface area (Å²) in [6.07, 6.45) is 4.75. The predicted octanol–water partition coefficient (Wildman–Crippen LogP) is 3.88. The summed E-state index contributed by atoms with van der Waals surface area (Å²) >= 11 is 0. The average molecular weight is 322 g/mol. The van der Waals surface area contributed by atoms with Crippen molar-refractivity contribution in [1.29, 1.82) is 0 Å². The van der Waals surface area contributed by atoms with Gasteiger partial charge in [-0.15, -0.1) is 0 Å². The zero-order chi connectivity index (χ0) is 17.1. The number of halogens is 1. The second-order valence-corrected chi connectivity index (χ2v) is 5.55. The van der Waals surface area contributed by atoms with Crippen LogP contribution in [0.5, 0.6) is 0 Å². The van der Waals surface area contributed by atoms with E-state index in [1.807, 2.05) is 25.1 Å². The van der Waals surface area contributed by atoms with Gasteiger partial charge < -0.3 is 5.11 Å². The number of hydrogen-bond donors (Lipinski definition) is 1. The molecule has 0 bridgehead atoms. The van der Waals surface area contributed by atoms with Crippen LogP contribution in [0.15, 0.2) is 55.0 Å². The number of aromatic carboxylic acids is 1. The van der Waals surface area contributed by atoms with E-state index in [1.165, 1.54) is 6.20 Å². The Bertz CT molecular complexity index is 892. The first kappa shape index (κ1) is 15.8. The zero-order valence-corrected chi connectivity index (χ0v) is 13.0. The first-order valence-corrected chi connectivity index (χ1v) is 7.42. The molecule has 0 unspecified atom stereocenters. The molecule has 2 heterocycles. The highest BCUT2D eigenvalue weighted by Gasteiger charge is 2.11. The summed E-state index contributed by atoms with van der Waals surface area (Å²) in [6.45, 7) is 1.86. The number of aromatic nitrogens is 2. The van der Waals surface area contributed by atoms with Gasteiger partial charge in [0.05, 0.1) is 17.5 Å². The summed E-state index contributed by atoms with van der Waals surface area (Å²) in [5.74, 6) is -1.37. The Balaban J connectivity index is 1.88. The van der Waals surface area contributed by atoms with E-state index in [9.17, 15) is 14.3 Å². The summed E-state index contributed by atoms with van der Waals surface area (Å²) in [7, 11) is 0. The molecule has 0 amide bonds. The van der Waals surface area contributed by atoms with Crippen LogP contribution in [0.1, 0.15) is 27.0 Å². The molecule has 0 aliphatic carbocycles. The van der Waals surface area contributed by atoms with Crippen molar-refractivity contribution in [3.05, 3.63) is 83.1 Å². The Hall–Kier alpha value is -3.08. The summed E-state index contributed by atoms with van der Waals surface area (Å²) in [5.41, 5.74) is 3.67. The average Bonchev–Trinajstić information content (AvgIpc) is 2.57. The highest BCUT2D eigenvalue weighted by atomic mass is 19.1. The van der Waals surface area contributed by atoms with Crippen molar-refractivity contribution in [1.82, 2.24) is 9.97 Å². The molecule has 120 valence electrons. The molecule has 0 saturated heterocycles. The largest absolute Gasteiger partial charge is 0.478 e. The van der Waals surface area contributed by atoms with E-state index < -0.39 is 11.8 Å². The lowest BCUT2D eigenvalue weighted by atomic mass is 9.98. The fraction of sp³-hybridized carbons (Fsp3) is 0.105. The fourth-order valence-corrected chi connectivity index (χ4v) is 2.53. The Morgan fingerprint density at radius 1 is 1.17 bits per heavy atom. The summed E-state index contributed by atoms with van der Waals surface area (Å²) in [4.78, 5) is 19.4. The van der Waals surface area contributed by atoms with Crippen molar-refractivity contribution in [2.45, 2.75) is 13.3 Å². The van der Waals surface area contributed by atoms with Crippen molar-refractivity contribution in [3.63, 3.8) is 0 Å². The van der Waals surface area contributed by atoms with E-state index in [-0.39, 0.29) is 0 Å². The molecule has 1 N–H and O–H groups in total. The van der Waals surface area contributed by atoms with Crippen molar-refractivity contribution in [2.24, 2.45) is 0 Å². The molecular weight excluding hydrogens is 307 g/mol. The normalized spacial score (nSPS) is 10.6. The van der Waals surface area contributed by atoms with Crippen LogP contribution in [-0.4, -0.2) is 21.0 Å². The molecule has 24 heavy (non-hydrogen) atoms. The quantitative estimate of drug-likeness (QED) is 0.792. The van der Waals surface area contributed by atoms with E-state index in [4.69, 9.17) is 0 Å². The van der Waals surface area contributed by atoms with Gasteiger partial charge in [0.15, 0.2) is 5.82 Å². The molecule has 3 rings (SSSR count). The molecule has 0 fully saturated rings. The minimum absolute atomic E-state index is 0.291. The van der Waals surface area contributed by atoms with Gasteiger partial charge in [-0.2, -0.15) is 0 Å². The van der Waals surface area contributed by atoms with E-state index >= 15 is 0 Å². The van der Waals surface area contributed by atoms with Gasteiger partial charge in [-0.25, -0.2) is 9.18 Å². The summed E-state index contributed by atoms with van der Waals surface area (Å²) in [6, 6.07) is 10.5. The number of carbonyl (C=O) groups is 1. The van der Waals surface area contributed by atoms with Crippen LogP contribution in [0, 0.1) is 12.7 Å². The standard InChI is InChI=1S/C19H15FN2O2/c1-12-2-4-14(16(8-12)19(23)24)9-13-3-5-18(22-10-13)15-6-7-21-11-17(15)20/h2-8,10-11H,9H2,1H3,(H,23,24). The number of hydrogen-bond acceptors (Lipinski definition) is 3. The number of pyridine rings is 2. The summed E-state index contributed by atoms with van der Waals surface area (Å²) in [5, 5.41) is 9.33. The molecule has 0 radical (unpaired) electrons. The Morgan fingerprint density at radius 2 is 2.00 bits per heavy atom. The minimum atomic E-state index is -0.947. The van der Waals surface area contributed by atoms with E-state index in [1.54, 1.807) is 24.4 Å². The lowest BCUT2D eigenvalue weighted by molar-refractivity contribution is 0.0695. The molecule has 0 aliphatic heterocycles.